The van der Waals surface area contributed by atoms with Crippen LogP contribution in [0.4, 0.5) is 0 Å². The number of benzene rings is 1. The lowest BCUT2D eigenvalue weighted by Gasteiger charge is -2.32. The predicted molar refractivity (Wildman–Crippen MR) is 82.2 cm³/mol. The second-order valence-corrected chi connectivity index (χ2v) is 11.5. The minimum atomic E-state index is -2.71. The third-order valence-electron chi connectivity index (χ3n) is 2.71. The van der Waals surface area contributed by atoms with E-state index in [1.807, 2.05) is 36.9 Å². The molecule has 0 spiro atoms. The SMILES string of the molecule is CO[SiH](OC)O[Si](C)(O[SiH](OC)OC)c1ccccc1. The van der Waals surface area contributed by atoms with E-state index >= 15 is 0 Å². The largest absolute Gasteiger partial charge is 0.474 e. The van der Waals surface area contributed by atoms with Crippen LogP contribution in [0.2, 0.25) is 6.55 Å². The first-order valence-electron chi connectivity index (χ1n) is 6.12. The molecular weight excluding hydrogens is 312 g/mol. The average Bonchev–Trinajstić information content (AvgIpc) is 2.51. The maximum atomic E-state index is 6.04. The highest BCUT2D eigenvalue weighted by molar-refractivity contribution is 6.86. The second kappa shape index (κ2) is 8.82. The molecule has 0 saturated carbocycles. The van der Waals surface area contributed by atoms with Gasteiger partial charge in [0.15, 0.2) is 0 Å². The van der Waals surface area contributed by atoms with E-state index < -0.39 is 27.6 Å². The van der Waals surface area contributed by atoms with Crippen molar-refractivity contribution in [3.05, 3.63) is 30.3 Å². The number of hydrogen-bond donors (Lipinski definition) is 0. The van der Waals surface area contributed by atoms with Crippen LogP contribution in [0.5, 0.6) is 0 Å². The maximum Gasteiger partial charge on any atom is 0.474 e. The molecule has 0 saturated heterocycles. The molecule has 0 radical (unpaired) electrons. The molecule has 1 aromatic carbocycles. The lowest BCUT2D eigenvalue weighted by molar-refractivity contribution is 0.158. The molecule has 0 unspecified atom stereocenters. The van der Waals surface area contributed by atoms with Crippen molar-refractivity contribution in [1.29, 1.82) is 0 Å². The molecule has 0 heterocycles. The second-order valence-electron chi connectivity index (χ2n) is 4.07. The molecule has 1 rings (SSSR count). The summed E-state index contributed by atoms with van der Waals surface area (Å²) in [5.74, 6) is 0. The van der Waals surface area contributed by atoms with Crippen molar-refractivity contribution >= 4 is 32.8 Å². The molecular formula is C11H22O6Si3. The molecule has 0 aliphatic rings. The Balaban J connectivity index is 2.99. The Morgan fingerprint density at radius 2 is 1.15 bits per heavy atom. The van der Waals surface area contributed by atoms with E-state index in [1.165, 1.54) is 0 Å². The van der Waals surface area contributed by atoms with Crippen molar-refractivity contribution in [2.24, 2.45) is 0 Å². The summed E-state index contributed by atoms with van der Waals surface area (Å²) in [5, 5.41) is 0.984. The molecule has 9 heteroatoms. The summed E-state index contributed by atoms with van der Waals surface area (Å²) < 4.78 is 33.1. The quantitative estimate of drug-likeness (QED) is 0.594. The van der Waals surface area contributed by atoms with Gasteiger partial charge in [-0.2, -0.15) is 0 Å². The number of rotatable bonds is 9. The Labute approximate surface area is 124 Å². The highest BCUT2D eigenvalue weighted by atomic mass is 28.5. The Bertz CT molecular complexity index is 358. The molecule has 0 amide bonds. The molecule has 0 N–H and O–H groups in total. The molecule has 0 aromatic heterocycles. The molecule has 0 aliphatic carbocycles. The van der Waals surface area contributed by atoms with Gasteiger partial charge in [0, 0.05) is 28.4 Å². The van der Waals surface area contributed by atoms with Gasteiger partial charge in [-0.3, -0.25) is 0 Å². The van der Waals surface area contributed by atoms with E-state index in [0.717, 1.165) is 5.19 Å². The fourth-order valence-electron chi connectivity index (χ4n) is 1.66. The van der Waals surface area contributed by atoms with E-state index in [0.29, 0.717) is 0 Å². The summed E-state index contributed by atoms with van der Waals surface area (Å²) in [6.07, 6.45) is 0. The van der Waals surface area contributed by atoms with Gasteiger partial charge < -0.3 is 25.9 Å². The van der Waals surface area contributed by atoms with E-state index in [2.05, 4.69) is 0 Å². The highest BCUT2D eigenvalue weighted by Gasteiger charge is 2.41. The van der Waals surface area contributed by atoms with Gasteiger partial charge in [0.1, 0.15) is 0 Å². The van der Waals surface area contributed by atoms with Crippen molar-refractivity contribution in [2.75, 3.05) is 28.4 Å². The van der Waals surface area contributed by atoms with E-state index in [-0.39, 0.29) is 0 Å². The van der Waals surface area contributed by atoms with Gasteiger partial charge in [-0.05, 0) is 11.7 Å². The standard InChI is InChI=1S/C11H22O6Si3/c1-12-18(13-2)16-20(5,17-19(14-3)15-4)11-9-7-6-8-10-11/h6-10,18-19H,1-5H3. The third kappa shape index (κ3) is 4.87. The summed E-state index contributed by atoms with van der Waals surface area (Å²) in [7, 11) is -0.867. The van der Waals surface area contributed by atoms with Gasteiger partial charge >= 0.3 is 27.6 Å². The molecule has 6 nitrogen and oxygen atoms in total. The van der Waals surface area contributed by atoms with Crippen LogP contribution in [-0.2, 0) is 25.9 Å². The lowest BCUT2D eigenvalue weighted by Crippen LogP contribution is -2.58. The van der Waals surface area contributed by atoms with E-state index in [1.54, 1.807) is 28.4 Å². The molecule has 1 aromatic rings. The van der Waals surface area contributed by atoms with Crippen LogP contribution in [0.15, 0.2) is 30.3 Å². The first-order chi connectivity index (χ1) is 9.59. The van der Waals surface area contributed by atoms with Crippen LogP contribution in [-0.4, -0.2) is 56.1 Å². The van der Waals surface area contributed by atoms with Crippen molar-refractivity contribution in [3.8, 4) is 0 Å². The topological polar surface area (TPSA) is 55.4 Å². The molecule has 0 aliphatic heterocycles. The van der Waals surface area contributed by atoms with E-state index in [9.17, 15) is 0 Å². The Morgan fingerprint density at radius 1 is 0.750 bits per heavy atom. The van der Waals surface area contributed by atoms with Crippen molar-refractivity contribution < 1.29 is 25.9 Å². The first-order valence-corrected chi connectivity index (χ1v) is 11.3. The fraction of sp³-hybridized carbons (Fsp3) is 0.455. The zero-order chi connectivity index (χ0) is 15.0. The summed E-state index contributed by atoms with van der Waals surface area (Å²) in [5.41, 5.74) is 0. The van der Waals surface area contributed by atoms with Gasteiger partial charge in [-0.1, -0.05) is 30.3 Å². The normalized spacial score (nSPS) is 12.3. The molecule has 0 bridgehead atoms. The van der Waals surface area contributed by atoms with Gasteiger partial charge in [0.25, 0.3) is 0 Å². The van der Waals surface area contributed by atoms with Crippen LogP contribution >= 0.6 is 0 Å². The highest BCUT2D eigenvalue weighted by Crippen LogP contribution is 2.12. The van der Waals surface area contributed by atoms with Crippen LogP contribution in [0.25, 0.3) is 0 Å². The maximum absolute atomic E-state index is 6.04. The minimum absolute atomic E-state index is 0.984. The zero-order valence-corrected chi connectivity index (χ0v) is 15.8. The van der Waals surface area contributed by atoms with Crippen LogP contribution in [0, 0.1) is 0 Å². The van der Waals surface area contributed by atoms with Crippen LogP contribution in [0.3, 0.4) is 0 Å². The third-order valence-corrected chi connectivity index (χ3v) is 10.8. The summed E-state index contributed by atoms with van der Waals surface area (Å²) in [6, 6.07) is 9.78. The first kappa shape index (κ1) is 17.7. The van der Waals surface area contributed by atoms with Crippen molar-refractivity contribution in [3.63, 3.8) is 0 Å². The fourth-order valence-corrected chi connectivity index (χ4v) is 9.13. The minimum Gasteiger partial charge on any atom is -0.393 e. The van der Waals surface area contributed by atoms with Crippen LogP contribution in [0.1, 0.15) is 0 Å². The summed E-state index contributed by atoms with van der Waals surface area (Å²) in [6.45, 7) is 1.94. The Kier molecular flexibility index (Phi) is 7.79. The van der Waals surface area contributed by atoms with Crippen molar-refractivity contribution in [2.45, 2.75) is 6.55 Å². The summed E-state index contributed by atoms with van der Waals surface area (Å²) in [4.78, 5) is 0. The monoisotopic (exact) mass is 334 g/mol. The molecule has 0 fully saturated rings. The summed E-state index contributed by atoms with van der Waals surface area (Å²) >= 11 is 0. The van der Waals surface area contributed by atoms with Gasteiger partial charge in [-0.15, -0.1) is 0 Å². The van der Waals surface area contributed by atoms with E-state index in [4.69, 9.17) is 25.9 Å². The molecule has 20 heavy (non-hydrogen) atoms. The Hall–Kier alpha value is -0.369. The van der Waals surface area contributed by atoms with Crippen molar-refractivity contribution in [1.82, 2.24) is 0 Å². The average molecular weight is 335 g/mol. The molecule has 0 atom stereocenters. The zero-order valence-electron chi connectivity index (χ0n) is 12.5. The van der Waals surface area contributed by atoms with Gasteiger partial charge in [-0.25, -0.2) is 0 Å². The number of hydrogen-bond acceptors (Lipinski definition) is 6. The smallest absolute Gasteiger partial charge is 0.393 e. The molecule has 114 valence electrons. The predicted octanol–water partition coefficient (Wildman–Crippen LogP) is 0.0188. The van der Waals surface area contributed by atoms with Gasteiger partial charge in [0.05, 0.1) is 0 Å². The Morgan fingerprint density at radius 3 is 1.50 bits per heavy atom. The lowest BCUT2D eigenvalue weighted by atomic mass is 10.4. The van der Waals surface area contributed by atoms with Crippen LogP contribution < -0.4 is 5.19 Å². The van der Waals surface area contributed by atoms with Gasteiger partial charge in [0.2, 0.25) is 0 Å².